The van der Waals surface area contributed by atoms with E-state index < -0.39 is 29.1 Å². The maximum atomic E-state index is 14.5. The molecule has 0 bridgehead atoms. The zero-order chi connectivity index (χ0) is 22.1. The van der Waals surface area contributed by atoms with Crippen molar-refractivity contribution in [2.24, 2.45) is 5.41 Å². The summed E-state index contributed by atoms with van der Waals surface area (Å²) in [4.78, 5) is 21.1. The van der Waals surface area contributed by atoms with E-state index >= 15 is 0 Å². The monoisotopic (exact) mass is 423 g/mol. The number of benzene rings is 1. The molecule has 158 valence electrons. The number of carboxylic acid groups (broad SMARTS) is 1. The molecule has 10 heteroatoms. The highest BCUT2D eigenvalue weighted by Crippen LogP contribution is 2.30. The molecule has 6 nitrogen and oxygen atoms in total. The smallest absolute Gasteiger partial charge is 0.432 e. The Morgan fingerprint density at radius 3 is 2.40 bits per heavy atom. The van der Waals surface area contributed by atoms with Crippen LogP contribution in [0.4, 0.5) is 17.6 Å². The fourth-order valence-corrected chi connectivity index (χ4v) is 2.42. The Balaban J connectivity index is 1.76. The first-order valence-corrected chi connectivity index (χ1v) is 8.72. The van der Waals surface area contributed by atoms with Crippen LogP contribution >= 0.6 is 0 Å². The number of aromatic amines is 1. The molecule has 0 aliphatic carbocycles. The van der Waals surface area contributed by atoms with Gasteiger partial charge in [-0.2, -0.15) is 13.2 Å². The van der Waals surface area contributed by atoms with Crippen molar-refractivity contribution in [2.45, 2.75) is 20.0 Å². The van der Waals surface area contributed by atoms with Crippen molar-refractivity contribution in [1.29, 1.82) is 0 Å². The molecule has 1 aromatic carbocycles. The molecule has 0 unspecified atom stereocenters. The van der Waals surface area contributed by atoms with E-state index in [-0.39, 0.29) is 29.4 Å². The second kappa shape index (κ2) is 7.77. The SMILES string of the molecule is CC(C)(COc1ccc(-c2ccc(-c3ncc(C(F)(F)F)[nH]3)cn2)c(F)c1)C(=O)O. The zero-order valence-corrected chi connectivity index (χ0v) is 15.9. The number of carbonyl (C=O) groups is 1. The minimum Gasteiger partial charge on any atom is -0.492 e. The molecule has 0 aliphatic rings. The number of hydrogen-bond donors (Lipinski definition) is 2. The van der Waals surface area contributed by atoms with Crippen LogP contribution < -0.4 is 4.74 Å². The number of pyridine rings is 1. The van der Waals surface area contributed by atoms with Crippen molar-refractivity contribution >= 4 is 5.97 Å². The Morgan fingerprint density at radius 1 is 1.13 bits per heavy atom. The molecule has 0 fully saturated rings. The van der Waals surface area contributed by atoms with Gasteiger partial charge in [0.1, 0.15) is 29.7 Å². The maximum Gasteiger partial charge on any atom is 0.432 e. The van der Waals surface area contributed by atoms with Gasteiger partial charge in [0.15, 0.2) is 0 Å². The molecule has 2 aromatic heterocycles. The van der Waals surface area contributed by atoms with Gasteiger partial charge in [0.05, 0.1) is 17.3 Å². The standard InChI is InChI=1S/C20H17F4N3O3/c1-19(2,18(28)29)10-30-12-4-5-13(14(21)7-12)15-6-3-11(8-25-15)17-26-9-16(27-17)20(22,23)24/h3-9H,10H2,1-2H3,(H,26,27)(H,28,29). The number of alkyl halides is 3. The summed E-state index contributed by atoms with van der Waals surface area (Å²) < 4.78 is 57.9. The lowest BCUT2D eigenvalue weighted by molar-refractivity contribution is -0.148. The van der Waals surface area contributed by atoms with E-state index in [1.165, 1.54) is 44.3 Å². The van der Waals surface area contributed by atoms with Gasteiger partial charge in [-0.25, -0.2) is 9.37 Å². The number of carboxylic acids is 1. The lowest BCUT2D eigenvalue weighted by Crippen LogP contribution is -2.30. The van der Waals surface area contributed by atoms with Crippen LogP contribution in [0.3, 0.4) is 0 Å². The average Bonchev–Trinajstić information content (AvgIpc) is 3.17. The van der Waals surface area contributed by atoms with Gasteiger partial charge >= 0.3 is 12.1 Å². The third kappa shape index (κ3) is 4.58. The van der Waals surface area contributed by atoms with Crippen molar-refractivity contribution in [3.63, 3.8) is 0 Å². The van der Waals surface area contributed by atoms with Crippen LogP contribution in [0.5, 0.6) is 5.75 Å². The maximum absolute atomic E-state index is 14.5. The molecule has 0 atom stereocenters. The number of ether oxygens (including phenoxy) is 1. The van der Waals surface area contributed by atoms with Gasteiger partial charge in [0.25, 0.3) is 0 Å². The third-order valence-corrected chi connectivity index (χ3v) is 4.31. The number of halogens is 4. The van der Waals surface area contributed by atoms with Gasteiger partial charge < -0.3 is 14.8 Å². The van der Waals surface area contributed by atoms with Crippen LogP contribution in [0.2, 0.25) is 0 Å². The molecule has 0 aliphatic heterocycles. The second-order valence-electron chi connectivity index (χ2n) is 7.19. The van der Waals surface area contributed by atoms with Crippen LogP contribution in [-0.4, -0.2) is 32.6 Å². The normalized spacial score (nSPS) is 12.1. The van der Waals surface area contributed by atoms with E-state index in [4.69, 9.17) is 9.84 Å². The first kappa shape index (κ1) is 21.3. The number of aromatic nitrogens is 3. The topological polar surface area (TPSA) is 88.1 Å². The van der Waals surface area contributed by atoms with E-state index in [0.717, 1.165) is 6.07 Å². The molecule has 0 radical (unpaired) electrons. The molecular weight excluding hydrogens is 406 g/mol. The zero-order valence-electron chi connectivity index (χ0n) is 15.9. The van der Waals surface area contributed by atoms with E-state index in [2.05, 4.69) is 15.0 Å². The largest absolute Gasteiger partial charge is 0.492 e. The van der Waals surface area contributed by atoms with Gasteiger partial charge in [0, 0.05) is 23.4 Å². The molecule has 30 heavy (non-hydrogen) atoms. The van der Waals surface area contributed by atoms with Gasteiger partial charge in [-0.3, -0.25) is 9.78 Å². The fourth-order valence-electron chi connectivity index (χ4n) is 2.42. The minimum absolute atomic E-state index is 0.00774. The summed E-state index contributed by atoms with van der Waals surface area (Å²) in [5.74, 6) is -1.52. The Labute approximate surface area is 168 Å². The lowest BCUT2D eigenvalue weighted by Gasteiger charge is -2.19. The summed E-state index contributed by atoms with van der Waals surface area (Å²) >= 11 is 0. The van der Waals surface area contributed by atoms with E-state index in [9.17, 15) is 22.4 Å². The highest BCUT2D eigenvalue weighted by atomic mass is 19.4. The highest BCUT2D eigenvalue weighted by Gasteiger charge is 2.33. The average molecular weight is 423 g/mol. The quantitative estimate of drug-likeness (QED) is 0.557. The third-order valence-electron chi connectivity index (χ3n) is 4.31. The molecular formula is C20H17F4N3O3. The predicted molar refractivity (Wildman–Crippen MR) is 99.1 cm³/mol. The summed E-state index contributed by atoms with van der Waals surface area (Å²) in [6, 6.07) is 6.95. The number of nitrogens with one attached hydrogen (secondary N) is 1. The van der Waals surface area contributed by atoms with Gasteiger partial charge in [-0.1, -0.05) is 0 Å². The van der Waals surface area contributed by atoms with Crippen LogP contribution in [0, 0.1) is 11.2 Å². The van der Waals surface area contributed by atoms with Crippen molar-refractivity contribution in [3.8, 4) is 28.4 Å². The second-order valence-corrected chi connectivity index (χ2v) is 7.19. The number of rotatable bonds is 6. The van der Waals surface area contributed by atoms with E-state index in [1.807, 2.05) is 0 Å². The van der Waals surface area contributed by atoms with Crippen molar-refractivity contribution in [1.82, 2.24) is 15.0 Å². The fraction of sp³-hybridized carbons (Fsp3) is 0.250. The van der Waals surface area contributed by atoms with E-state index in [0.29, 0.717) is 11.8 Å². The molecule has 3 aromatic rings. The summed E-state index contributed by atoms with van der Waals surface area (Å²) in [6.07, 6.45) is -2.56. The predicted octanol–water partition coefficient (Wildman–Crippen LogP) is 4.79. The minimum atomic E-state index is -4.54. The first-order chi connectivity index (χ1) is 14.0. The van der Waals surface area contributed by atoms with Crippen molar-refractivity contribution < 1.29 is 32.2 Å². The molecule has 0 spiro atoms. The van der Waals surface area contributed by atoms with Crippen molar-refractivity contribution in [2.75, 3.05) is 6.61 Å². The number of H-pyrrole nitrogens is 1. The molecule has 3 rings (SSSR count). The summed E-state index contributed by atoms with van der Waals surface area (Å²) in [7, 11) is 0. The number of aliphatic carboxylic acids is 1. The summed E-state index contributed by atoms with van der Waals surface area (Å²) in [5, 5.41) is 9.09. The summed E-state index contributed by atoms with van der Waals surface area (Å²) in [6.45, 7) is 2.83. The molecule has 0 saturated heterocycles. The molecule has 0 amide bonds. The van der Waals surface area contributed by atoms with Crippen LogP contribution in [0.1, 0.15) is 19.5 Å². The van der Waals surface area contributed by atoms with Gasteiger partial charge in [0.2, 0.25) is 0 Å². The van der Waals surface area contributed by atoms with E-state index in [1.54, 1.807) is 0 Å². The van der Waals surface area contributed by atoms with Crippen LogP contribution in [-0.2, 0) is 11.0 Å². The Bertz CT molecular complexity index is 1060. The summed E-state index contributed by atoms with van der Waals surface area (Å²) in [5.41, 5.74) is -1.39. The lowest BCUT2D eigenvalue weighted by atomic mass is 9.95. The number of nitrogens with zero attached hydrogens (tertiary/aromatic N) is 2. The Kier molecular flexibility index (Phi) is 5.51. The first-order valence-electron chi connectivity index (χ1n) is 8.72. The molecule has 0 saturated carbocycles. The number of hydrogen-bond acceptors (Lipinski definition) is 4. The molecule has 2 heterocycles. The van der Waals surface area contributed by atoms with Crippen molar-refractivity contribution in [3.05, 3.63) is 54.2 Å². The Morgan fingerprint density at radius 2 is 1.87 bits per heavy atom. The van der Waals surface area contributed by atoms with Gasteiger partial charge in [-0.15, -0.1) is 0 Å². The van der Waals surface area contributed by atoms with Crippen LogP contribution in [0.15, 0.2) is 42.7 Å². The number of imidazole rings is 1. The highest BCUT2D eigenvalue weighted by molar-refractivity contribution is 5.73. The van der Waals surface area contributed by atoms with Crippen LogP contribution in [0.25, 0.3) is 22.6 Å². The molecule has 2 N–H and O–H groups in total. The van der Waals surface area contributed by atoms with Gasteiger partial charge in [-0.05, 0) is 38.1 Å². The Hall–Kier alpha value is -3.43.